The van der Waals surface area contributed by atoms with Gasteiger partial charge in [-0.05, 0) is 40.1 Å². The van der Waals surface area contributed by atoms with Crippen LogP contribution < -0.4 is 16.4 Å². The zero-order chi connectivity index (χ0) is 17.6. The van der Waals surface area contributed by atoms with Crippen molar-refractivity contribution in [3.05, 3.63) is 33.4 Å². The van der Waals surface area contributed by atoms with Crippen molar-refractivity contribution in [1.82, 2.24) is 10.6 Å². The second kappa shape index (κ2) is 8.85. The Bertz CT molecular complexity index is 590. The Hall–Kier alpha value is -1.64. The minimum atomic E-state index is -0.826. The summed E-state index contributed by atoms with van der Waals surface area (Å²) in [7, 11) is 0. The maximum absolute atomic E-state index is 12.4. The average molecular weight is 431 g/mol. The van der Waals surface area contributed by atoms with E-state index in [0.717, 1.165) is 9.13 Å². The molecule has 0 aromatic heterocycles. The van der Waals surface area contributed by atoms with Gasteiger partial charge in [-0.25, -0.2) is 0 Å². The summed E-state index contributed by atoms with van der Waals surface area (Å²) in [6, 6.07) is 6.04. The van der Waals surface area contributed by atoms with Crippen LogP contribution in [0.15, 0.2) is 24.3 Å². The van der Waals surface area contributed by atoms with Crippen molar-refractivity contribution < 1.29 is 14.4 Å². The zero-order valence-electron chi connectivity index (χ0n) is 13.4. The largest absolute Gasteiger partial charge is 0.368 e. The summed E-state index contributed by atoms with van der Waals surface area (Å²) in [6.07, 6.45) is 0.311. The Balaban J connectivity index is 2.86. The molecule has 126 valence electrons. The number of rotatable bonds is 7. The van der Waals surface area contributed by atoms with E-state index in [4.69, 9.17) is 5.73 Å². The van der Waals surface area contributed by atoms with Gasteiger partial charge >= 0.3 is 0 Å². The topological polar surface area (TPSA) is 101 Å². The van der Waals surface area contributed by atoms with Gasteiger partial charge in [0.1, 0.15) is 12.1 Å². The van der Waals surface area contributed by atoms with Crippen molar-refractivity contribution >= 4 is 40.3 Å². The lowest BCUT2D eigenvalue weighted by atomic mass is 10.0. The van der Waals surface area contributed by atoms with Gasteiger partial charge < -0.3 is 16.4 Å². The van der Waals surface area contributed by atoms with Gasteiger partial charge in [-0.1, -0.05) is 32.0 Å². The standard InChI is InChI=1S/C16H22IN3O3/c1-9(2)14(19-10(3)21)16(23)20-13(15(18)22)8-11-6-4-5-7-12(11)17/h4-7,9,13-14H,8H2,1-3H3,(H2,18,22)(H,19,21)(H,20,23)/t13-,14+/m0/s1. The second-order valence-corrected chi connectivity index (χ2v) is 6.84. The summed E-state index contributed by atoms with van der Waals surface area (Å²) in [4.78, 5) is 35.3. The van der Waals surface area contributed by atoms with Crippen molar-refractivity contribution in [3.8, 4) is 0 Å². The second-order valence-electron chi connectivity index (χ2n) is 5.68. The van der Waals surface area contributed by atoms with Crippen LogP contribution in [-0.4, -0.2) is 29.8 Å². The van der Waals surface area contributed by atoms with Gasteiger partial charge in [0, 0.05) is 16.9 Å². The number of carbonyl (C=O) groups is 3. The van der Waals surface area contributed by atoms with Crippen LogP contribution in [-0.2, 0) is 20.8 Å². The summed E-state index contributed by atoms with van der Waals surface area (Å²) in [5.41, 5.74) is 6.35. The Labute approximate surface area is 149 Å². The molecule has 1 rings (SSSR count). The molecule has 3 amide bonds. The van der Waals surface area contributed by atoms with Gasteiger partial charge in [0.25, 0.3) is 0 Å². The van der Waals surface area contributed by atoms with E-state index in [1.54, 1.807) is 0 Å². The lowest BCUT2D eigenvalue weighted by molar-refractivity contribution is -0.131. The fourth-order valence-electron chi connectivity index (χ4n) is 2.12. The van der Waals surface area contributed by atoms with Gasteiger partial charge in [-0.15, -0.1) is 0 Å². The summed E-state index contributed by atoms with van der Waals surface area (Å²) >= 11 is 2.17. The van der Waals surface area contributed by atoms with Crippen LogP contribution >= 0.6 is 22.6 Å². The highest BCUT2D eigenvalue weighted by molar-refractivity contribution is 14.1. The highest BCUT2D eigenvalue weighted by Crippen LogP contribution is 2.14. The molecule has 0 radical (unpaired) electrons. The first-order valence-electron chi connectivity index (χ1n) is 7.32. The number of hydrogen-bond donors (Lipinski definition) is 3. The van der Waals surface area contributed by atoms with Crippen LogP contribution in [0.25, 0.3) is 0 Å². The quantitative estimate of drug-likeness (QED) is 0.561. The molecule has 0 fully saturated rings. The summed E-state index contributed by atoms with van der Waals surface area (Å²) in [6.45, 7) is 4.99. The Morgan fingerprint density at radius 1 is 1.17 bits per heavy atom. The molecule has 1 aromatic rings. The Morgan fingerprint density at radius 2 is 1.78 bits per heavy atom. The van der Waals surface area contributed by atoms with Gasteiger partial charge in [0.2, 0.25) is 17.7 Å². The molecule has 7 heteroatoms. The number of hydrogen-bond acceptors (Lipinski definition) is 3. The van der Waals surface area contributed by atoms with Crippen LogP contribution in [0.4, 0.5) is 0 Å². The minimum absolute atomic E-state index is 0.107. The van der Waals surface area contributed by atoms with Crippen molar-refractivity contribution in [2.75, 3.05) is 0 Å². The molecule has 0 aliphatic carbocycles. The van der Waals surface area contributed by atoms with E-state index in [9.17, 15) is 14.4 Å². The molecule has 0 saturated heterocycles. The SMILES string of the molecule is CC(=O)N[C@@H](C(=O)N[C@@H](Cc1ccccc1I)C(N)=O)C(C)C. The predicted octanol–water partition coefficient (Wildman–Crippen LogP) is 0.965. The molecule has 0 spiro atoms. The Kier molecular flexibility index (Phi) is 7.47. The molecule has 0 aliphatic heterocycles. The molecule has 6 nitrogen and oxygen atoms in total. The molecule has 4 N–H and O–H groups in total. The van der Waals surface area contributed by atoms with Gasteiger partial charge in [-0.2, -0.15) is 0 Å². The first kappa shape index (κ1) is 19.4. The number of nitrogens with one attached hydrogen (secondary N) is 2. The molecule has 0 unspecified atom stereocenters. The summed E-state index contributed by atoms with van der Waals surface area (Å²) < 4.78 is 0.993. The van der Waals surface area contributed by atoms with Gasteiger partial charge in [0.05, 0.1) is 0 Å². The van der Waals surface area contributed by atoms with E-state index in [1.165, 1.54) is 6.92 Å². The number of carbonyl (C=O) groups excluding carboxylic acids is 3. The van der Waals surface area contributed by atoms with Gasteiger partial charge in [-0.3, -0.25) is 14.4 Å². The van der Waals surface area contributed by atoms with Crippen molar-refractivity contribution in [3.63, 3.8) is 0 Å². The monoisotopic (exact) mass is 431 g/mol. The average Bonchev–Trinajstić information content (AvgIpc) is 2.45. The first-order valence-corrected chi connectivity index (χ1v) is 8.40. The first-order chi connectivity index (χ1) is 10.7. The van der Waals surface area contributed by atoms with E-state index >= 15 is 0 Å². The summed E-state index contributed by atoms with van der Waals surface area (Å²) in [5.74, 6) is -1.43. The number of halogens is 1. The zero-order valence-corrected chi connectivity index (χ0v) is 15.6. The van der Waals surface area contributed by atoms with Crippen molar-refractivity contribution in [2.24, 2.45) is 11.7 Å². The molecular weight excluding hydrogens is 409 g/mol. The predicted molar refractivity (Wildman–Crippen MR) is 96.4 cm³/mol. The number of nitrogens with two attached hydrogens (primary N) is 1. The van der Waals surface area contributed by atoms with Crippen LogP contribution in [0, 0.1) is 9.49 Å². The third-order valence-corrected chi connectivity index (χ3v) is 4.40. The number of primary amides is 1. The third-order valence-electron chi connectivity index (χ3n) is 3.35. The van der Waals surface area contributed by atoms with Gasteiger partial charge in [0.15, 0.2) is 0 Å². The Morgan fingerprint density at radius 3 is 2.26 bits per heavy atom. The molecule has 23 heavy (non-hydrogen) atoms. The lowest BCUT2D eigenvalue weighted by Gasteiger charge is -2.24. The van der Waals surface area contributed by atoms with Crippen LogP contribution in [0.2, 0.25) is 0 Å². The van der Waals surface area contributed by atoms with Crippen LogP contribution in [0.3, 0.4) is 0 Å². The molecule has 0 heterocycles. The highest BCUT2D eigenvalue weighted by atomic mass is 127. The van der Waals surface area contributed by atoms with E-state index < -0.39 is 23.9 Å². The fraction of sp³-hybridized carbons (Fsp3) is 0.438. The van der Waals surface area contributed by atoms with Crippen LogP contribution in [0.5, 0.6) is 0 Å². The summed E-state index contributed by atoms with van der Waals surface area (Å²) in [5, 5.41) is 5.24. The van der Waals surface area contributed by atoms with Crippen LogP contribution in [0.1, 0.15) is 26.3 Å². The molecule has 0 aliphatic rings. The lowest BCUT2D eigenvalue weighted by Crippen LogP contribution is -2.55. The molecule has 0 bridgehead atoms. The maximum atomic E-state index is 12.4. The molecule has 0 saturated carbocycles. The number of amides is 3. The third kappa shape index (κ3) is 6.17. The van der Waals surface area contributed by atoms with Crippen molar-refractivity contribution in [1.29, 1.82) is 0 Å². The smallest absolute Gasteiger partial charge is 0.243 e. The van der Waals surface area contributed by atoms with E-state index in [-0.39, 0.29) is 11.8 Å². The molecule has 1 aromatic carbocycles. The van der Waals surface area contributed by atoms with E-state index in [1.807, 2.05) is 38.1 Å². The van der Waals surface area contributed by atoms with E-state index in [0.29, 0.717) is 6.42 Å². The van der Waals surface area contributed by atoms with Crippen molar-refractivity contribution in [2.45, 2.75) is 39.3 Å². The van der Waals surface area contributed by atoms with E-state index in [2.05, 4.69) is 33.2 Å². The maximum Gasteiger partial charge on any atom is 0.243 e. The normalized spacial score (nSPS) is 13.3. The number of benzene rings is 1. The molecular formula is C16H22IN3O3. The molecule has 2 atom stereocenters. The highest BCUT2D eigenvalue weighted by Gasteiger charge is 2.27. The minimum Gasteiger partial charge on any atom is -0.368 e. The fourth-order valence-corrected chi connectivity index (χ4v) is 2.73.